The third kappa shape index (κ3) is 1.80. The zero-order valence-electron chi connectivity index (χ0n) is 7.47. The molecular weight excluding hydrogens is 200 g/mol. The number of aromatic nitrogens is 3. The van der Waals surface area contributed by atoms with Crippen molar-refractivity contribution < 1.29 is 4.79 Å². The molecule has 0 saturated carbocycles. The van der Waals surface area contributed by atoms with E-state index in [1.165, 1.54) is 16.0 Å². The van der Waals surface area contributed by atoms with Crippen LogP contribution in [0.2, 0.25) is 0 Å². The highest BCUT2D eigenvalue weighted by molar-refractivity contribution is 7.12. The second-order valence-electron chi connectivity index (χ2n) is 2.71. The van der Waals surface area contributed by atoms with Crippen molar-refractivity contribution in [2.75, 3.05) is 5.32 Å². The number of amides is 1. The zero-order chi connectivity index (χ0) is 9.97. The Kier molecular flexibility index (Phi) is 2.28. The molecule has 0 aliphatic heterocycles. The maximum atomic E-state index is 11.5. The van der Waals surface area contributed by atoms with Gasteiger partial charge in [0.25, 0.3) is 5.91 Å². The average Bonchev–Trinajstić information content (AvgIpc) is 2.75. The fraction of sp³-hybridized carbons (Fsp3) is 0.125. The van der Waals surface area contributed by atoms with E-state index in [4.69, 9.17) is 0 Å². The monoisotopic (exact) mass is 208 g/mol. The van der Waals surface area contributed by atoms with Crippen LogP contribution >= 0.6 is 11.3 Å². The summed E-state index contributed by atoms with van der Waals surface area (Å²) in [7, 11) is 1.74. The highest BCUT2D eigenvalue weighted by Crippen LogP contribution is 2.10. The first kappa shape index (κ1) is 8.89. The fourth-order valence-corrected chi connectivity index (χ4v) is 1.61. The first-order valence-corrected chi connectivity index (χ1v) is 4.85. The van der Waals surface area contributed by atoms with Crippen molar-refractivity contribution in [3.63, 3.8) is 0 Å². The van der Waals surface area contributed by atoms with E-state index >= 15 is 0 Å². The van der Waals surface area contributed by atoms with Crippen molar-refractivity contribution in [3.05, 3.63) is 28.6 Å². The molecular formula is C8H8N4OS. The minimum atomic E-state index is -0.152. The summed E-state index contributed by atoms with van der Waals surface area (Å²) in [5.41, 5.74) is 0. The van der Waals surface area contributed by atoms with Crippen LogP contribution < -0.4 is 5.32 Å². The molecule has 2 rings (SSSR count). The minimum Gasteiger partial charge on any atom is -0.303 e. The van der Waals surface area contributed by atoms with E-state index in [1.54, 1.807) is 19.3 Å². The normalized spacial score (nSPS) is 10.1. The van der Waals surface area contributed by atoms with E-state index < -0.39 is 0 Å². The highest BCUT2D eigenvalue weighted by Gasteiger charge is 2.08. The second-order valence-corrected chi connectivity index (χ2v) is 3.66. The zero-order valence-corrected chi connectivity index (χ0v) is 8.28. The van der Waals surface area contributed by atoms with Crippen LogP contribution in [0.25, 0.3) is 0 Å². The second kappa shape index (κ2) is 3.59. The Balaban J connectivity index is 2.09. The predicted molar refractivity (Wildman–Crippen MR) is 53.3 cm³/mol. The van der Waals surface area contributed by atoms with Gasteiger partial charge in [-0.3, -0.25) is 9.48 Å². The van der Waals surface area contributed by atoms with E-state index in [2.05, 4.69) is 15.6 Å². The van der Waals surface area contributed by atoms with Gasteiger partial charge in [-0.05, 0) is 11.4 Å². The van der Waals surface area contributed by atoms with Gasteiger partial charge in [-0.2, -0.15) is 0 Å². The minimum absolute atomic E-state index is 0.152. The van der Waals surface area contributed by atoms with Gasteiger partial charge in [0, 0.05) is 7.05 Å². The predicted octanol–water partition coefficient (Wildman–Crippen LogP) is 1.13. The van der Waals surface area contributed by atoms with Gasteiger partial charge in [0.2, 0.25) is 0 Å². The van der Waals surface area contributed by atoms with Crippen LogP contribution in [0.3, 0.4) is 0 Å². The third-order valence-electron chi connectivity index (χ3n) is 1.59. The summed E-state index contributed by atoms with van der Waals surface area (Å²) in [4.78, 5) is 12.2. The van der Waals surface area contributed by atoms with Crippen LogP contribution in [0.5, 0.6) is 0 Å². The Morgan fingerprint density at radius 3 is 3.07 bits per heavy atom. The summed E-state index contributed by atoms with van der Waals surface area (Å²) in [6.07, 6.45) is 1.64. The summed E-state index contributed by atoms with van der Waals surface area (Å²) < 4.78 is 1.53. The van der Waals surface area contributed by atoms with Gasteiger partial charge in [0.15, 0.2) is 5.82 Å². The van der Waals surface area contributed by atoms with E-state index in [-0.39, 0.29) is 5.91 Å². The summed E-state index contributed by atoms with van der Waals surface area (Å²) in [6.45, 7) is 0. The number of hydrogen-bond acceptors (Lipinski definition) is 4. The van der Waals surface area contributed by atoms with Gasteiger partial charge in [0.05, 0.1) is 11.1 Å². The molecule has 0 bridgehead atoms. The van der Waals surface area contributed by atoms with E-state index in [0.717, 1.165) is 0 Å². The van der Waals surface area contributed by atoms with Gasteiger partial charge >= 0.3 is 0 Å². The molecule has 72 valence electrons. The molecule has 0 aromatic carbocycles. The number of aryl methyl sites for hydroxylation is 1. The molecule has 2 aromatic heterocycles. The largest absolute Gasteiger partial charge is 0.303 e. The van der Waals surface area contributed by atoms with Gasteiger partial charge < -0.3 is 5.32 Å². The Morgan fingerprint density at radius 2 is 2.50 bits per heavy atom. The molecule has 0 aliphatic carbocycles. The maximum Gasteiger partial charge on any atom is 0.266 e. The smallest absolute Gasteiger partial charge is 0.266 e. The average molecular weight is 208 g/mol. The van der Waals surface area contributed by atoms with Gasteiger partial charge in [-0.1, -0.05) is 11.3 Å². The number of hydrogen-bond donors (Lipinski definition) is 1. The molecule has 0 unspecified atom stereocenters. The van der Waals surface area contributed by atoms with Gasteiger partial charge in [-0.25, -0.2) is 0 Å². The van der Waals surface area contributed by atoms with Crippen molar-refractivity contribution in [3.8, 4) is 0 Å². The lowest BCUT2D eigenvalue weighted by Gasteiger charge is -1.96. The van der Waals surface area contributed by atoms with E-state index in [0.29, 0.717) is 10.7 Å². The quantitative estimate of drug-likeness (QED) is 0.804. The summed E-state index contributed by atoms with van der Waals surface area (Å²) >= 11 is 1.39. The summed E-state index contributed by atoms with van der Waals surface area (Å²) in [5, 5.41) is 12.0. The molecule has 5 nitrogen and oxygen atoms in total. The highest BCUT2D eigenvalue weighted by atomic mass is 32.1. The molecule has 0 radical (unpaired) electrons. The number of anilines is 1. The Labute approximate surface area is 84.4 Å². The van der Waals surface area contributed by atoms with Crippen LogP contribution in [0.1, 0.15) is 9.67 Å². The van der Waals surface area contributed by atoms with Crippen LogP contribution in [0.15, 0.2) is 23.7 Å². The number of thiophene rings is 1. The molecule has 0 fully saturated rings. The van der Waals surface area contributed by atoms with Crippen LogP contribution in [0, 0.1) is 0 Å². The standard InChI is InChI=1S/C8H8N4OS/c1-12-5-7(10-11-12)9-8(13)6-3-2-4-14-6/h2-5H,1H3,(H,9,13). The first-order valence-electron chi connectivity index (χ1n) is 3.97. The molecule has 6 heteroatoms. The molecule has 14 heavy (non-hydrogen) atoms. The maximum absolute atomic E-state index is 11.5. The molecule has 0 aliphatic rings. The lowest BCUT2D eigenvalue weighted by atomic mass is 10.4. The van der Waals surface area contributed by atoms with Gasteiger partial charge in [-0.15, -0.1) is 16.4 Å². The van der Waals surface area contributed by atoms with Gasteiger partial charge in [0.1, 0.15) is 0 Å². The van der Waals surface area contributed by atoms with E-state index in [1.807, 2.05) is 11.4 Å². The molecule has 1 amide bonds. The molecule has 0 atom stereocenters. The topological polar surface area (TPSA) is 59.8 Å². The van der Waals surface area contributed by atoms with Crippen molar-refractivity contribution in [2.24, 2.45) is 7.05 Å². The summed E-state index contributed by atoms with van der Waals surface area (Å²) in [6, 6.07) is 3.59. The van der Waals surface area contributed by atoms with Crippen molar-refractivity contribution in [1.82, 2.24) is 15.0 Å². The van der Waals surface area contributed by atoms with Crippen molar-refractivity contribution in [2.45, 2.75) is 0 Å². The molecule has 0 saturated heterocycles. The fourth-order valence-electron chi connectivity index (χ4n) is 0.990. The SMILES string of the molecule is Cn1cc(NC(=O)c2cccs2)nn1. The first-order chi connectivity index (χ1) is 6.75. The Morgan fingerprint density at radius 1 is 1.64 bits per heavy atom. The Bertz CT molecular complexity index is 434. The lowest BCUT2D eigenvalue weighted by Crippen LogP contribution is -2.10. The van der Waals surface area contributed by atoms with Crippen LogP contribution in [-0.2, 0) is 7.05 Å². The number of nitrogens with one attached hydrogen (secondary N) is 1. The van der Waals surface area contributed by atoms with Crippen molar-refractivity contribution in [1.29, 1.82) is 0 Å². The molecule has 1 N–H and O–H groups in total. The third-order valence-corrected chi connectivity index (χ3v) is 2.46. The molecule has 0 spiro atoms. The number of nitrogens with zero attached hydrogens (tertiary/aromatic N) is 3. The number of rotatable bonds is 2. The molecule has 2 aromatic rings. The van der Waals surface area contributed by atoms with Crippen LogP contribution in [0.4, 0.5) is 5.82 Å². The van der Waals surface area contributed by atoms with E-state index in [9.17, 15) is 4.79 Å². The lowest BCUT2D eigenvalue weighted by molar-refractivity contribution is 0.103. The Hall–Kier alpha value is -1.69. The molecule has 2 heterocycles. The van der Waals surface area contributed by atoms with Crippen molar-refractivity contribution >= 4 is 23.1 Å². The van der Waals surface area contributed by atoms with Crippen LogP contribution in [-0.4, -0.2) is 20.9 Å². The number of carbonyl (C=O) groups excluding carboxylic acids is 1. The summed E-state index contributed by atoms with van der Waals surface area (Å²) in [5.74, 6) is 0.311. The number of carbonyl (C=O) groups is 1.